The van der Waals surface area contributed by atoms with Gasteiger partial charge in [0.2, 0.25) is 0 Å². The van der Waals surface area contributed by atoms with Crippen LogP contribution in [0.1, 0.15) is 15.9 Å². The van der Waals surface area contributed by atoms with Gasteiger partial charge in [0, 0.05) is 0 Å². The molecule has 2 rings (SSSR count). The zero-order valence-corrected chi connectivity index (χ0v) is 8.08. The molecule has 1 aromatic rings. The minimum absolute atomic E-state index is 0.101. The Morgan fingerprint density at radius 3 is 3.07 bits per heavy atom. The molecule has 0 fully saturated rings. The van der Waals surface area contributed by atoms with Gasteiger partial charge in [-0.25, -0.2) is 9.18 Å². The first kappa shape index (κ1) is 9.92. The highest BCUT2D eigenvalue weighted by Gasteiger charge is 2.21. The second kappa shape index (κ2) is 3.86. The summed E-state index contributed by atoms with van der Waals surface area (Å²) in [7, 11) is 1.20. The van der Waals surface area contributed by atoms with Gasteiger partial charge in [-0.05, 0) is 12.1 Å². The van der Waals surface area contributed by atoms with Crippen molar-refractivity contribution in [3.8, 4) is 5.75 Å². The van der Waals surface area contributed by atoms with Crippen molar-refractivity contribution >= 4 is 5.97 Å². The van der Waals surface area contributed by atoms with Gasteiger partial charge >= 0.3 is 5.97 Å². The van der Waals surface area contributed by atoms with E-state index in [1.807, 2.05) is 0 Å². The quantitative estimate of drug-likeness (QED) is 0.661. The summed E-state index contributed by atoms with van der Waals surface area (Å²) in [4.78, 5) is 11.2. The molecule has 80 valence electrons. The summed E-state index contributed by atoms with van der Waals surface area (Å²) in [6.45, 7) is 0.204. The summed E-state index contributed by atoms with van der Waals surface area (Å²) >= 11 is 0. The van der Waals surface area contributed by atoms with Gasteiger partial charge in [0.15, 0.2) is 6.79 Å². The Balaban J connectivity index is 2.47. The number of hydrogen-bond acceptors (Lipinski definition) is 4. The number of methoxy groups -OCH3 is 1. The van der Waals surface area contributed by atoms with E-state index in [1.165, 1.54) is 19.2 Å². The second-order valence-electron chi connectivity index (χ2n) is 3.01. The van der Waals surface area contributed by atoms with Crippen LogP contribution in [0.15, 0.2) is 12.1 Å². The van der Waals surface area contributed by atoms with Crippen molar-refractivity contribution in [1.82, 2.24) is 0 Å². The van der Waals surface area contributed by atoms with E-state index < -0.39 is 11.8 Å². The molecule has 0 radical (unpaired) electrons. The van der Waals surface area contributed by atoms with Crippen molar-refractivity contribution < 1.29 is 23.4 Å². The number of fused-ring (bicyclic) bond motifs is 1. The number of ether oxygens (including phenoxy) is 3. The fourth-order valence-electron chi connectivity index (χ4n) is 1.39. The van der Waals surface area contributed by atoms with E-state index in [-0.39, 0.29) is 24.5 Å². The maximum Gasteiger partial charge on any atom is 0.340 e. The van der Waals surface area contributed by atoms with Crippen molar-refractivity contribution in [3.05, 3.63) is 29.1 Å². The molecule has 5 heteroatoms. The van der Waals surface area contributed by atoms with Crippen LogP contribution < -0.4 is 4.74 Å². The minimum Gasteiger partial charge on any atom is -0.467 e. The number of carbonyl (C=O) groups excluding carboxylic acids is 1. The van der Waals surface area contributed by atoms with Crippen LogP contribution >= 0.6 is 0 Å². The van der Waals surface area contributed by atoms with Gasteiger partial charge in [-0.2, -0.15) is 0 Å². The molecule has 0 aliphatic carbocycles. The topological polar surface area (TPSA) is 44.8 Å². The normalized spacial score (nSPS) is 14.0. The maximum atomic E-state index is 13.7. The summed E-state index contributed by atoms with van der Waals surface area (Å²) in [5, 5.41) is 0. The zero-order chi connectivity index (χ0) is 10.8. The van der Waals surface area contributed by atoms with Crippen LogP contribution in [0.5, 0.6) is 5.75 Å². The van der Waals surface area contributed by atoms with E-state index in [0.29, 0.717) is 5.75 Å². The van der Waals surface area contributed by atoms with Crippen molar-refractivity contribution in [3.63, 3.8) is 0 Å². The standard InChI is InChI=1S/C10H9FO4/c1-13-10(12)6-2-3-8-7(9(6)11)4-14-5-15-8/h2-3H,4-5H2,1H3. The number of rotatable bonds is 1. The molecule has 4 nitrogen and oxygen atoms in total. The van der Waals surface area contributed by atoms with Gasteiger partial charge in [-0.3, -0.25) is 0 Å². The van der Waals surface area contributed by atoms with Gasteiger partial charge in [0.25, 0.3) is 0 Å². The van der Waals surface area contributed by atoms with Crippen molar-refractivity contribution in [2.45, 2.75) is 6.61 Å². The predicted molar refractivity (Wildman–Crippen MR) is 48.0 cm³/mol. The summed E-state index contributed by atoms with van der Waals surface area (Å²) in [6, 6.07) is 2.87. The van der Waals surface area contributed by atoms with E-state index in [1.54, 1.807) is 0 Å². The Morgan fingerprint density at radius 1 is 1.53 bits per heavy atom. The van der Waals surface area contributed by atoms with Crippen LogP contribution in [-0.2, 0) is 16.1 Å². The van der Waals surface area contributed by atoms with Gasteiger partial charge in [-0.15, -0.1) is 0 Å². The molecule has 0 amide bonds. The maximum absolute atomic E-state index is 13.7. The zero-order valence-electron chi connectivity index (χ0n) is 8.08. The molecule has 0 atom stereocenters. The third kappa shape index (κ3) is 1.66. The first-order valence-electron chi connectivity index (χ1n) is 4.34. The summed E-state index contributed by atoms with van der Waals surface area (Å²) < 4.78 is 28.2. The van der Waals surface area contributed by atoms with Crippen LogP contribution in [-0.4, -0.2) is 19.9 Å². The number of halogens is 1. The lowest BCUT2D eigenvalue weighted by Crippen LogP contribution is -2.15. The Kier molecular flexibility index (Phi) is 2.55. The van der Waals surface area contributed by atoms with Crippen LogP contribution in [0, 0.1) is 5.82 Å². The molecule has 1 aliphatic heterocycles. The summed E-state index contributed by atoms with van der Waals surface area (Å²) in [5.41, 5.74) is 0.148. The Hall–Kier alpha value is -1.62. The highest BCUT2D eigenvalue weighted by Crippen LogP contribution is 2.28. The first-order valence-corrected chi connectivity index (χ1v) is 4.34. The fraction of sp³-hybridized carbons (Fsp3) is 0.300. The molecule has 0 spiro atoms. The van der Waals surface area contributed by atoms with Crippen LogP contribution in [0.25, 0.3) is 0 Å². The Morgan fingerprint density at radius 2 is 2.33 bits per heavy atom. The average Bonchev–Trinajstić information content (AvgIpc) is 2.29. The highest BCUT2D eigenvalue weighted by atomic mass is 19.1. The van der Waals surface area contributed by atoms with E-state index in [0.717, 1.165) is 0 Å². The number of benzene rings is 1. The van der Waals surface area contributed by atoms with E-state index in [9.17, 15) is 9.18 Å². The summed E-state index contributed by atoms with van der Waals surface area (Å²) in [6.07, 6.45) is 0. The largest absolute Gasteiger partial charge is 0.467 e. The SMILES string of the molecule is COC(=O)c1ccc2c(c1F)COCO2. The van der Waals surface area contributed by atoms with Crippen molar-refractivity contribution in [2.24, 2.45) is 0 Å². The molecular weight excluding hydrogens is 203 g/mol. The minimum atomic E-state index is -0.708. The van der Waals surface area contributed by atoms with Gasteiger partial charge in [-0.1, -0.05) is 0 Å². The van der Waals surface area contributed by atoms with E-state index in [2.05, 4.69) is 4.74 Å². The number of carbonyl (C=O) groups is 1. The molecule has 0 bridgehead atoms. The van der Waals surface area contributed by atoms with Gasteiger partial charge in [0.05, 0.1) is 24.8 Å². The highest BCUT2D eigenvalue weighted by molar-refractivity contribution is 5.90. The monoisotopic (exact) mass is 212 g/mol. The molecule has 0 N–H and O–H groups in total. The third-order valence-electron chi connectivity index (χ3n) is 2.15. The lowest BCUT2D eigenvalue weighted by atomic mass is 10.1. The van der Waals surface area contributed by atoms with Gasteiger partial charge in [0.1, 0.15) is 11.6 Å². The molecule has 15 heavy (non-hydrogen) atoms. The van der Waals surface area contributed by atoms with Crippen molar-refractivity contribution in [2.75, 3.05) is 13.9 Å². The smallest absolute Gasteiger partial charge is 0.340 e. The van der Waals surface area contributed by atoms with Crippen LogP contribution in [0.4, 0.5) is 4.39 Å². The first-order chi connectivity index (χ1) is 7.24. The molecule has 1 aromatic carbocycles. The molecule has 0 saturated carbocycles. The second-order valence-corrected chi connectivity index (χ2v) is 3.01. The van der Waals surface area contributed by atoms with Crippen LogP contribution in [0.3, 0.4) is 0 Å². The number of esters is 1. The van der Waals surface area contributed by atoms with E-state index in [4.69, 9.17) is 9.47 Å². The molecule has 1 aliphatic rings. The summed E-state index contributed by atoms with van der Waals surface area (Å²) in [5.74, 6) is -0.939. The fourth-order valence-corrected chi connectivity index (χ4v) is 1.39. The number of hydrogen-bond donors (Lipinski definition) is 0. The molecule has 0 unspecified atom stereocenters. The lowest BCUT2D eigenvalue weighted by molar-refractivity contribution is -0.0183. The third-order valence-corrected chi connectivity index (χ3v) is 2.15. The Bertz CT molecular complexity index is 403. The molecule has 0 aromatic heterocycles. The predicted octanol–water partition coefficient (Wildman–Crippen LogP) is 1.48. The molecule has 1 heterocycles. The van der Waals surface area contributed by atoms with E-state index >= 15 is 0 Å². The molecular formula is C10H9FO4. The Labute approximate surface area is 85.6 Å². The lowest BCUT2D eigenvalue weighted by Gasteiger charge is -2.18. The van der Waals surface area contributed by atoms with Crippen molar-refractivity contribution in [1.29, 1.82) is 0 Å². The van der Waals surface area contributed by atoms with Gasteiger partial charge < -0.3 is 14.2 Å². The van der Waals surface area contributed by atoms with Crippen LogP contribution in [0.2, 0.25) is 0 Å². The molecule has 0 saturated heterocycles. The average molecular weight is 212 g/mol.